The van der Waals surface area contributed by atoms with Crippen molar-refractivity contribution in [2.45, 2.75) is 19.4 Å². The van der Waals surface area contributed by atoms with Crippen LogP contribution in [-0.4, -0.2) is 32.1 Å². The molecule has 1 rings (SSSR count). The van der Waals surface area contributed by atoms with Crippen LogP contribution in [-0.2, 0) is 0 Å². The molecule has 0 amide bonds. The second-order valence-corrected chi connectivity index (χ2v) is 4.25. The van der Waals surface area contributed by atoms with Gasteiger partial charge in [-0.25, -0.2) is 8.78 Å². The maximum Gasteiger partial charge on any atom is 0.163 e. The van der Waals surface area contributed by atoms with Crippen LogP contribution in [0.15, 0.2) is 18.2 Å². The minimum Gasteiger partial charge on any atom is -0.312 e. The number of hydrogen-bond donors (Lipinski definition) is 1. The van der Waals surface area contributed by atoms with Gasteiger partial charge in [0.25, 0.3) is 0 Å². The van der Waals surface area contributed by atoms with E-state index in [1.807, 2.05) is 7.05 Å². The fourth-order valence-corrected chi connectivity index (χ4v) is 1.92. The van der Waals surface area contributed by atoms with Crippen molar-refractivity contribution in [1.82, 2.24) is 10.2 Å². The smallest absolute Gasteiger partial charge is 0.163 e. The normalized spacial score (nSPS) is 13.1. The molecule has 0 aromatic heterocycles. The van der Waals surface area contributed by atoms with E-state index in [4.69, 9.17) is 0 Å². The van der Waals surface area contributed by atoms with E-state index in [1.54, 1.807) is 13.1 Å². The first kappa shape index (κ1) is 14.1. The Morgan fingerprint density at radius 3 is 2.65 bits per heavy atom. The molecule has 0 heterocycles. The molecule has 0 fully saturated rings. The molecule has 1 aromatic carbocycles. The molecule has 0 aliphatic heterocycles. The lowest BCUT2D eigenvalue weighted by molar-refractivity contribution is 0.293. The van der Waals surface area contributed by atoms with Crippen molar-refractivity contribution in [2.24, 2.45) is 0 Å². The highest BCUT2D eigenvalue weighted by atomic mass is 19.2. The highest BCUT2D eigenvalue weighted by Crippen LogP contribution is 2.19. The van der Waals surface area contributed by atoms with E-state index < -0.39 is 11.6 Å². The average molecular weight is 242 g/mol. The van der Waals surface area contributed by atoms with Crippen LogP contribution >= 0.6 is 0 Å². The predicted octanol–water partition coefficient (Wildman–Crippen LogP) is 2.57. The Bertz CT molecular complexity index is 355. The lowest BCUT2D eigenvalue weighted by atomic mass is 10.1. The summed E-state index contributed by atoms with van der Waals surface area (Å²) in [7, 11) is 3.74. The van der Waals surface area contributed by atoms with Crippen LogP contribution in [0, 0.1) is 11.6 Å². The predicted molar refractivity (Wildman–Crippen MR) is 65.9 cm³/mol. The monoisotopic (exact) mass is 242 g/mol. The summed E-state index contributed by atoms with van der Waals surface area (Å²) in [4.78, 5) is 2.10. The molecular weight excluding hydrogens is 222 g/mol. The van der Waals surface area contributed by atoms with Gasteiger partial charge in [0.05, 0.1) is 0 Å². The van der Waals surface area contributed by atoms with Crippen molar-refractivity contribution < 1.29 is 8.78 Å². The van der Waals surface area contributed by atoms with Gasteiger partial charge in [-0.1, -0.05) is 19.1 Å². The van der Waals surface area contributed by atoms with Gasteiger partial charge < -0.3 is 10.2 Å². The maximum absolute atomic E-state index is 13.6. The Morgan fingerprint density at radius 2 is 2.06 bits per heavy atom. The standard InChI is InChI=1S/C13H20F2N2/c1-4-8-17(3)9-12(16-2)10-6-5-7-11(14)13(10)15/h5-7,12,16H,4,8-9H2,1-3H3. The molecule has 0 saturated carbocycles. The fraction of sp³-hybridized carbons (Fsp3) is 0.538. The second-order valence-electron chi connectivity index (χ2n) is 4.25. The summed E-state index contributed by atoms with van der Waals surface area (Å²) in [6.45, 7) is 3.69. The summed E-state index contributed by atoms with van der Waals surface area (Å²) in [6.07, 6.45) is 1.04. The highest BCUT2D eigenvalue weighted by molar-refractivity contribution is 5.22. The van der Waals surface area contributed by atoms with E-state index in [-0.39, 0.29) is 6.04 Å². The van der Waals surface area contributed by atoms with Crippen LogP contribution in [0.4, 0.5) is 8.78 Å². The zero-order chi connectivity index (χ0) is 12.8. The first-order valence-corrected chi connectivity index (χ1v) is 5.89. The number of nitrogens with one attached hydrogen (secondary N) is 1. The molecule has 1 N–H and O–H groups in total. The van der Waals surface area contributed by atoms with Crippen molar-refractivity contribution in [3.63, 3.8) is 0 Å². The van der Waals surface area contributed by atoms with Crippen molar-refractivity contribution in [1.29, 1.82) is 0 Å². The molecule has 2 nitrogen and oxygen atoms in total. The molecule has 1 atom stereocenters. The van der Waals surface area contributed by atoms with Gasteiger partial charge in [0, 0.05) is 18.2 Å². The summed E-state index contributed by atoms with van der Waals surface area (Å²) >= 11 is 0. The summed E-state index contributed by atoms with van der Waals surface area (Å²) in [5.41, 5.74) is 0.385. The van der Waals surface area contributed by atoms with Gasteiger partial charge in [0.15, 0.2) is 11.6 Å². The SMILES string of the molecule is CCCN(C)CC(NC)c1cccc(F)c1F. The molecule has 0 aliphatic carbocycles. The average Bonchev–Trinajstić information content (AvgIpc) is 2.30. The molecule has 4 heteroatoms. The van der Waals surface area contributed by atoms with Gasteiger partial charge in [-0.05, 0) is 33.1 Å². The minimum absolute atomic E-state index is 0.192. The summed E-state index contributed by atoms with van der Waals surface area (Å²) in [6, 6.07) is 4.11. The van der Waals surface area contributed by atoms with Gasteiger partial charge >= 0.3 is 0 Å². The largest absolute Gasteiger partial charge is 0.312 e. The van der Waals surface area contributed by atoms with E-state index >= 15 is 0 Å². The Balaban J connectivity index is 2.82. The van der Waals surface area contributed by atoms with Crippen molar-refractivity contribution >= 4 is 0 Å². The second kappa shape index (κ2) is 6.67. The van der Waals surface area contributed by atoms with E-state index in [0.29, 0.717) is 12.1 Å². The molecule has 0 aliphatic rings. The van der Waals surface area contributed by atoms with Gasteiger partial charge in [0.1, 0.15) is 0 Å². The molecule has 1 unspecified atom stereocenters. The minimum atomic E-state index is -0.791. The van der Waals surface area contributed by atoms with Crippen LogP contribution in [0.2, 0.25) is 0 Å². The maximum atomic E-state index is 13.6. The van der Waals surface area contributed by atoms with Crippen molar-refractivity contribution in [2.75, 3.05) is 27.2 Å². The lowest BCUT2D eigenvalue weighted by Gasteiger charge is -2.24. The number of nitrogens with zero attached hydrogens (tertiary/aromatic N) is 1. The topological polar surface area (TPSA) is 15.3 Å². The molecule has 0 radical (unpaired) electrons. The first-order chi connectivity index (χ1) is 8.10. The summed E-state index contributed by atoms with van der Waals surface area (Å²) in [5.74, 6) is -1.54. The molecule has 0 bridgehead atoms. The molecule has 0 spiro atoms. The van der Waals surface area contributed by atoms with Crippen LogP contribution in [0.3, 0.4) is 0 Å². The molecule has 17 heavy (non-hydrogen) atoms. The Kier molecular flexibility index (Phi) is 5.51. The van der Waals surface area contributed by atoms with Crippen LogP contribution in [0.25, 0.3) is 0 Å². The summed E-state index contributed by atoms with van der Waals surface area (Å²) in [5, 5.41) is 3.03. The zero-order valence-electron chi connectivity index (χ0n) is 10.6. The van der Waals surface area contributed by atoms with E-state index in [1.165, 1.54) is 6.07 Å². The molecular formula is C13H20F2N2. The van der Waals surface area contributed by atoms with Crippen LogP contribution in [0.5, 0.6) is 0 Å². The van der Waals surface area contributed by atoms with E-state index in [2.05, 4.69) is 17.1 Å². The van der Waals surface area contributed by atoms with E-state index in [0.717, 1.165) is 19.0 Å². The number of benzene rings is 1. The zero-order valence-corrected chi connectivity index (χ0v) is 10.6. The quantitative estimate of drug-likeness (QED) is 0.824. The van der Waals surface area contributed by atoms with Crippen molar-refractivity contribution in [3.8, 4) is 0 Å². The summed E-state index contributed by atoms with van der Waals surface area (Å²) < 4.78 is 26.8. The van der Waals surface area contributed by atoms with Crippen LogP contribution < -0.4 is 5.32 Å². The van der Waals surface area contributed by atoms with Gasteiger partial charge in [-0.2, -0.15) is 0 Å². The Hall–Kier alpha value is -1.00. The first-order valence-electron chi connectivity index (χ1n) is 5.89. The fourth-order valence-electron chi connectivity index (χ4n) is 1.92. The lowest BCUT2D eigenvalue weighted by Crippen LogP contribution is -2.32. The number of rotatable bonds is 6. The van der Waals surface area contributed by atoms with Crippen molar-refractivity contribution in [3.05, 3.63) is 35.4 Å². The number of likely N-dealkylation sites (N-methyl/N-ethyl adjacent to an activating group) is 2. The Morgan fingerprint density at radius 1 is 1.35 bits per heavy atom. The van der Waals surface area contributed by atoms with Gasteiger partial charge in [-0.15, -0.1) is 0 Å². The number of halogens is 2. The van der Waals surface area contributed by atoms with Gasteiger partial charge in [-0.3, -0.25) is 0 Å². The third-order valence-corrected chi connectivity index (χ3v) is 2.80. The molecule has 96 valence electrons. The van der Waals surface area contributed by atoms with E-state index in [9.17, 15) is 8.78 Å². The molecule has 0 saturated heterocycles. The number of hydrogen-bond acceptors (Lipinski definition) is 2. The highest BCUT2D eigenvalue weighted by Gasteiger charge is 2.17. The molecule has 1 aromatic rings. The third-order valence-electron chi connectivity index (χ3n) is 2.80. The third kappa shape index (κ3) is 3.75. The van der Waals surface area contributed by atoms with Crippen LogP contribution in [0.1, 0.15) is 24.9 Å². The Labute approximate surface area is 102 Å². The van der Waals surface area contributed by atoms with Gasteiger partial charge in [0.2, 0.25) is 0 Å².